The van der Waals surface area contributed by atoms with Crippen molar-refractivity contribution in [2.75, 3.05) is 13.2 Å². The fourth-order valence-corrected chi connectivity index (χ4v) is 6.58. The van der Waals surface area contributed by atoms with Crippen molar-refractivity contribution in [1.82, 2.24) is 9.47 Å². The van der Waals surface area contributed by atoms with E-state index in [-0.39, 0.29) is 30.3 Å². The molecule has 0 saturated carbocycles. The lowest BCUT2D eigenvalue weighted by Gasteiger charge is -2.37. The summed E-state index contributed by atoms with van der Waals surface area (Å²) in [6, 6.07) is 15.3. The van der Waals surface area contributed by atoms with Crippen LogP contribution in [0.4, 0.5) is 9.59 Å². The number of carbonyl (C=O) groups excluding carboxylic acids is 4. The first kappa shape index (κ1) is 38.0. The molecule has 1 saturated heterocycles. The summed E-state index contributed by atoms with van der Waals surface area (Å²) in [4.78, 5) is 56.4. The fraction of sp³-hybridized carbons (Fsp3) is 0.526. The third-order valence-corrected chi connectivity index (χ3v) is 13.5. The minimum absolute atomic E-state index is 0.0277. The van der Waals surface area contributed by atoms with Crippen LogP contribution in [0.2, 0.25) is 18.1 Å². The molecule has 49 heavy (non-hydrogen) atoms. The average Bonchev–Trinajstić information content (AvgIpc) is 3.48. The molecule has 4 rings (SSSR count). The van der Waals surface area contributed by atoms with Gasteiger partial charge in [0.2, 0.25) is 0 Å². The van der Waals surface area contributed by atoms with Gasteiger partial charge < -0.3 is 18.6 Å². The summed E-state index contributed by atoms with van der Waals surface area (Å²) in [5.74, 6) is -0.936. The number of Topliss-reactive ketones (excluding diaryl/α,β-unsaturated/α-hetero) is 1. The molecule has 3 aromatic rings. The van der Waals surface area contributed by atoms with Crippen LogP contribution in [0.5, 0.6) is 0 Å². The molecule has 1 aliphatic rings. The van der Waals surface area contributed by atoms with Crippen LogP contribution >= 0.6 is 0 Å². The third-order valence-electron chi connectivity index (χ3n) is 9.01. The van der Waals surface area contributed by atoms with Gasteiger partial charge in [-0.25, -0.2) is 14.5 Å². The highest BCUT2D eigenvalue weighted by atomic mass is 28.4. The van der Waals surface area contributed by atoms with Crippen LogP contribution in [0.15, 0.2) is 60.8 Å². The quantitative estimate of drug-likeness (QED) is 0.163. The first-order valence-electron chi connectivity index (χ1n) is 16.8. The van der Waals surface area contributed by atoms with Crippen LogP contribution in [0.1, 0.15) is 84.7 Å². The van der Waals surface area contributed by atoms with Crippen molar-refractivity contribution in [2.45, 2.75) is 116 Å². The van der Waals surface area contributed by atoms with E-state index in [1.54, 1.807) is 78.1 Å². The van der Waals surface area contributed by atoms with Gasteiger partial charge >= 0.3 is 12.2 Å². The maximum absolute atomic E-state index is 14.8. The van der Waals surface area contributed by atoms with E-state index < -0.39 is 55.9 Å². The molecule has 2 atom stereocenters. The molecule has 2 aromatic carbocycles. The van der Waals surface area contributed by atoms with E-state index >= 15 is 0 Å². The minimum atomic E-state index is -2.31. The lowest BCUT2D eigenvalue weighted by molar-refractivity contribution is -0.147. The van der Waals surface area contributed by atoms with Gasteiger partial charge in [0.25, 0.3) is 5.91 Å². The molecule has 1 fully saturated rings. The van der Waals surface area contributed by atoms with Gasteiger partial charge in [0.05, 0.1) is 18.2 Å². The number of para-hydroxylation sites is 1. The van der Waals surface area contributed by atoms with Crippen molar-refractivity contribution in [3.05, 3.63) is 71.9 Å². The molecule has 0 aliphatic carbocycles. The average molecular weight is 693 g/mol. The highest BCUT2D eigenvalue weighted by molar-refractivity contribution is 6.74. The Bertz CT molecular complexity index is 1690. The SMILES string of the molecule is CC(C)(C)OC(=O)N1C(=O)C(Cc2cn(C(=O)OC(C)(C)C)c3ccccc23)(OCC(=O)c2ccccc2)CC1CO[Si](C)(C)C(C)(C)C. The number of likely N-dealkylation sites (tertiary alicyclic amines) is 1. The monoisotopic (exact) mass is 692 g/mol. The number of benzene rings is 2. The second kappa shape index (κ2) is 13.8. The van der Waals surface area contributed by atoms with E-state index in [2.05, 4.69) is 33.9 Å². The van der Waals surface area contributed by atoms with E-state index in [0.717, 1.165) is 4.90 Å². The molecular formula is C38H52N2O8Si. The van der Waals surface area contributed by atoms with Crippen molar-refractivity contribution < 1.29 is 37.8 Å². The number of aromatic nitrogens is 1. The number of hydrogen-bond donors (Lipinski definition) is 0. The smallest absolute Gasteiger partial charge is 0.419 e. The molecule has 266 valence electrons. The van der Waals surface area contributed by atoms with Gasteiger partial charge in [0, 0.05) is 30.0 Å². The van der Waals surface area contributed by atoms with Crippen LogP contribution in [0.25, 0.3) is 10.9 Å². The molecular weight excluding hydrogens is 641 g/mol. The Kier molecular flexibility index (Phi) is 10.7. The number of rotatable bonds is 9. The van der Waals surface area contributed by atoms with E-state index in [0.29, 0.717) is 22.0 Å². The van der Waals surface area contributed by atoms with Gasteiger partial charge in [-0.1, -0.05) is 69.3 Å². The van der Waals surface area contributed by atoms with Gasteiger partial charge in [-0.3, -0.25) is 14.2 Å². The molecule has 0 N–H and O–H groups in total. The predicted octanol–water partition coefficient (Wildman–Crippen LogP) is 8.16. The van der Waals surface area contributed by atoms with Crippen molar-refractivity contribution in [3.63, 3.8) is 0 Å². The van der Waals surface area contributed by atoms with Gasteiger partial charge in [0.1, 0.15) is 17.8 Å². The second-order valence-electron chi connectivity index (χ2n) is 16.4. The summed E-state index contributed by atoms with van der Waals surface area (Å²) in [7, 11) is -2.31. The van der Waals surface area contributed by atoms with Crippen LogP contribution in [-0.2, 0) is 29.9 Å². The van der Waals surface area contributed by atoms with Crippen molar-refractivity contribution in [1.29, 1.82) is 0 Å². The van der Waals surface area contributed by atoms with Crippen LogP contribution < -0.4 is 0 Å². The molecule has 11 heteroatoms. The standard InChI is InChI=1S/C38H52N2O8Si/c1-35(2,3)47-33(43)39-23-27(29-19-15-16-20-30(29)39)21-38(45-25-31(41)26-17-13-12-14-18-26)22-28(24-46-49(10,11)37(7,8)9)40(32(38)42)34(44)48-36(4,5)6/h12-20,23,28H,21-22,24-25H2,1-11H3. The zero-order valence-electron chi connectivity index (χ0n) is 30.8. The molecule has 1 aliphatic heterocycles. The number of hydrogen-bond acceptors (Lipinski definition) is 8. The molecule has 0 spiro atoms. The third kappa shape index (κ3) is 8.87. The van der Waals surface area contributed by atoms with E-state index in [4.69, 9.17) is 18.6 Å². The Morgan fingerprint density at radius 3 is 2.00 bits per heavy atom. The van der Waals surface area contributed by atoms with Gasteiger partial charge in [-0.15, -0.1) is 0 Å². The van der Waals surface area contributed by atoms with Crippen molar-refractivity contribution in [2.24, 2.45) is 0 Å². The van der Waals surface area contributed by atoms with Gasteiger partial charge in [-0.05, 0) is 71.3 Å². The Labute approximate surface area is 291 Å². The lowest BCUT2D eigenvalue weighted by Crippen LogP contribution is -2.50. The van der Waals surface area contributed by atoms with Crippen LogP contribution in [0.3, 0.4) is 0 Å². The molecule has 1 aromatic heterocycles. The second-order valence-corrected chi connectivity index (χ2v) is 21.2. The minimum Gasteiger partial charge on any atom is -0.443 e. The summed E-state index contributed by atoms with van der Waals surface area (Å²) in [5, 5.41) is 0.592. The normalized spacial score (nSPS) is 19.0. The van der Waals surface area contributed by atoms with E-state index in [9.17, 15) is 19.2 Å². The predicted molar refractivity (Wildman–Crippen MR) is 191 cm³/mol. The Morgan fingerprint density at radius 1 is 0.837 bits per heavy atom. The highest BCUT2D eigenvalue weighted by Gasteiger charge is 2.57. The number of nitrogens with zero attached hydrogens (tertiary/aromatic N) is 2. The summed E-state index contributed by atoms with van der Waals surface area (Å²) >= 11 is 0. The topological polar surface area (TPSA) is 113 Å². The summed E-state index contributed by atoms with van der Waals surface area (Å²) in [6.45, 7) is 20.8. The summed E-state index contributed by atoms with van der Waals surface area (Å²) in [6.07, 6.45) is 0.289. The zero-order chi connectivity index (χ0) is 36.6. The highest BCUT2D eigenvalue weighted by Crippen LogP contribution is 2.41. The van der Waals surface area contributed by atoms with Gasteiger partial charge in [-0.2, -0.15) is 0 Å². The van der Waals surface area contributed by atoms with E-state index in [1.807, 2.05) is 24.3 Å². The number of amides is 2. The van der Waals surface area contributed by atoms with Crippen LogP contribution in [0, 0.1) is 0 Å². The number of carbonyl (C=O) groups is 4. The molecule has 10 nitrogen and oxygen atoms in total. The maximum Gasteiger partial charge on any atom is 0.419 e. The molecule has 2 amide bonds. The molecule has 2 unspecified atom stereocenters. The summed E-state index contributed by atoms with van der Waals surface area (Å²) < 4.78 is 25.9. The number of fused-ring (bicyclic) bond motifs is 1. The molecule has 0 bridgehead atoms. The maximum atomic E-state index is 14.8. The Balaban J connectivity index is 1.81. The number of ether oxygens (including phenoxy) is 3. The Hall–Kier alpha value is -3.80. The zero-order valence-corrected chi connectivity index (χ0v) is 31.8. The number of ketones is 1. The lowest BCUT2D eigenvalue weighted by atomic mass is 9.90. The first-order valence-corrected chi connectivity index (χ1v) is 19.7. The fourth-order valence-electron chi connectivity index (χ4n) is 5.53. The van der Waals surface area contributed by atoms with Gasteiger partial charge in [0.15, 0.2) is 19.7 Å². The van der Waals surface area contributed by atoms with Crippen molar-refractivity contribution in [3.8, 4) is 0 Å². The summed E-state index contributed by atoms with van der Waals surface area (Å²) in [5.41, 5.74) is -1.63. The van der Waals surface area contributed by atoms with Crippen molar-refractivity contribution >= 4 is 43.1 Å². The Morgan fingerprint density at radius 2 is 1.41 bits per heavy atom. The number of imide groups is 1. The molecule has 2 heterocycles. The largest absolute Gasteiger partial charge is 0.443 e. The first-order chi connectivity index (χ1) is 22.5. The van der Waals surface area contributed by atoms with E-state index in [1.165, 1.54) is 4.57 Å². The van der Waals surface area contributed by atoms with Crippen LogP contribution in [-0.4, -0.2) is 77.7 Å². The molecule has 0 radical (unpaired) electrons.